The second kappa shape index (κ2) is 4.77. The zero-order valence-electron chi connectivity index (χ0n) is 9.15. The molecule has 2 rings (SSSR count). The second-order valence-corrected chi connectivity index (χ2v) is 3.75. The van der Waals surface area contributed by atoms with Crippen LogP contribution in [0.1, 0.15) is 18.1 Å². The van der Waals surface area contributed by atoms with Crippen molar-refractivity contribution in [2.45, 2.75) is 12.5 Å². The molecule has 94 valence electrons. The number of aromatic hydroxyl groups is 1. The number of hydrogen-bond acceptors (Lipinski definition) is 5. The van der Waals surface area contributed by atoms with Crippen molar-refractivity contribution < 1.29 is 24.1 Å². The van der Waals surface area contributed by atoms with Crippen LogP contribution in [-0.2, 0) is 0 Å². The number of halogens is 1. The summed E-state index contributed by atoms with van der Waals surface area (Å²) in [5.74, 6) is -1.16. The van der Waals surface area contributed by atoms with Gasteiger partial charge in [0.15, 0.2) is 23.1 Å². The van der Waals surface area contributed by atoms with Crippen LogP contribution in [0, 0.1) is 5.82 Å². The molecule has 0 fully saturated rings. The molecule has 1 heterocycles. The number of aliphatic hydroxyl groups is 1. The number of fused-ring (bicyclic) bond motifs is 1. The van der Waals surface area contributed by atoms with Crippen LogP contribution in [-0.4, -0.2) is 30.0 Å². The van der Waals surface area contributed by atoms with E-state index in [2.05, 4.69) is 0 Å². The summed E-state index contributed by atoms with van der Waals surface area (Å²) in [5, 5.41) is 19.3. The van der Waals surface area contributed by atoms with E-state index in [0.717, 1.165) is 6.07 Å². The van der Waals surface area contributed by atoms with Crippen molar-refractivity contribution in [3.8, 4) is 17.2 Å². The topological polar surface area (TPSA) is 84.9 Å². The van der Waals surface area contributed by atoms with E-state index in [1.165, 1.54) is 0 Å². The first kappa shape index (κ1) is 11.9. The Balaban J connectivity index is 2.57. The minimum atomic E-state index is -1.19. The van der Waals surface area contributed by atoms with E-state index < -0.39 is 17.7 Å². The van der Waals surface area contributed by atoms with Gasteiger partial charge in [-0.3, -0.25) is 0 Å². The number of benzene rings is 1. The Bertz CT molecular complexity index is 424. The minimum Gasteiger partial charge on any atom is -0.504 e. The summed E-state index contributed by atoms with van der Waals surface area (Å²) in [5.41, 5.74) is 5.26. The van der Waals surface area contributed by atoms with Gasteiger partial charge >= 0.3 is 0 Å². The molecule has 1 atom stereocenters. The lowest BCUT2D eigenvalue weighted by Crippen LogP contribution is -2.14. The van der Waals surface area contributed by atoms with Gasteiger partial charge in [-0.2, -0.15) is 0 Å². The quantitative estimate of drug-likeness (QED) is 0.711. The molecule has 0 saturated carbocycles. The maximum Gasteiger partial charge on any atom is 0.170 e. The van der Waals surface area contributed by atoms with E-state index in [1.54, 1.807) is 0 Å². The normalized spacial score (nSPS) is 16.4. The second-order valence-electron chi connectivity index (χ2n) is 3.75. The Morgan fingerprint density at radius 1 is 1.41 bits per heavy atom. The van der Waals surface area contributed by atoms with Crippen LogP contribution in [0.2, 0.25) is 0 Å². The molecule has 0 amide bonds. The van der Waals surface area contributed by atoms with Crippen molar-refractivity contribution >= 4 is 0 Å². The van der Waals surface area contributed by atoms with Crippen molar-refractivity contribution in [2.75, 3.05) is 19.8 Å². The van der Waals surface area contributed by atoms with Crippen LogP contribution in [0.5, 0.6) is 17.2 Å². The van der Waals surface area contributed by atoms with Crippen molar-refractivity contribution in [1.82, 2.24) is 0 Å². The van der Waals surface area contributed by atoms with E-state index >= 15 is 0 Å². The fourth-order valence-electron chi connectivity index (χ4n) is 1.72. The number of hydrogen-bond donors (Lipinski definition) is 3. The number of aliphatic hydroxyl groups excluding tert-OH is 1. The van der Waals surface area contributed by atoms with Crippen LogP contribution < -0.4 is 15.2 Å². The number of rotatable bonds is 2. The monoisotopic (exact) mass is 243 g/mol. The molecule has 1 aromatic rings. The van der Waals surface area contributed by atoms with Gasteiger partial charge in [-0.25, -0.2) is 4.39 Å². The van der Waals surface area contributed by atoms with Crippen molar-refractivity contribution in [3.63, 3.8) is 0 Å². The van der Waals surface area contributed by atoms with E-state index in [0.29, 0.717) is 19.6 Å². The highest BCUT2D eigenvalue weighted by Gasteiger charge is 2.26. The molecule has 4 N–H and O–H groups in total. The molecule has 1 aliphatic rings. The number of phenols is 1. The molecular weight excluding hydrogens is 229 g/mol. The summed E-state index contributed by atoms with van der Waals surface area (Å²) in [7, 11) is 0. The summed E-state index contributed by atoms with van der Waals surface area (Å²) < 4.78 is 24.1. The van der Waals surface area contributed by atoms with Gasteiger partial charge < -0.3 is 25.4 Å². The van der Waals surface area contributed by atoms with Gasteiger partial charge in [-0.15, -0.1) is 0 Å². The first-order chi connectivity index (χ1) is 8.15. The summed E-state index contributed by atoms with van der Waals surface area (Å²) in [6.07, 6.45) is -0.545. The maximum atomic E-state index is 13.5. The highest BCUT2D eigenvalue weighted by molar-refractivity contribution is 5.55. The Morgan fingerprint density at radius 3 is 2.82 bits per heavy atom. The minimum absolute atomic E-state index is 0.0515. The van der Waals surface area contributed by atoms with Gasteiger partial charge in [-0.05, 0) is 0 Å². The van der Waals surface area contributed by atoms with Crippen molar-refractivity contribution in [1.29, 1.82) is 0 Å². The average Bonchev–Trinajstić information content (AvgIpc) is 2.55. The van der Waals surface area contributed by atoms with Gasteiger partial charge in [0.1, 0.15) is 0 Å². The third kappa shape index (κ3) is 2.13. The maximum absolute atomic E-state index is 13.5. The Labute approximate surface area is 97.6 Å². The van der Waals surface area contributed by atoms with Crippen LogP contribution in [0.25, 0.3) is 0 Å². The highest BCUT2D eigenvalue weighted by atomic mass is 19.1. The van der Waals surface area contributed by atoms with Crippen LogP contribution in [0.15, 0.2) is 6.07 Å². The number of ether oxygens (including phenoxy) is 2. The molecule has 0 aromatic heterocycles. The largest absolute Gasteiger partial charge is 0.504 e. The van der Waals surface area contributed by atoms with Crippen molar-refractivity contribution in [2.24, 2.45) is 5.73 Å². The lowest BCUT2D eigenvalue weighted by molar-refractivity contribution is 0.174. The first-order valence-electron chi connectivity index (χ1n) is 5.34. The lowest BCUT2D eigenvalue weighted by Gasteiger charge is -2.17. The van der Waals surface area contributed by atoms with Gasteiger partial charge in [0.25, 0.3) is 0 Å². The summed E-state index contributed by atoms with van der Waals surface area (Å²) in [6.45, 7) is 0.630. The standard InChI is InChI=1S/C11H14FNO4/c12-6-4-8-11(17-3-1-2-16-8)9(10(6)15)7(14)5-13/h4,7,14-15H,1-3,5,13H2. The van der Waals surface area contributed by atoms with Gasteiger partial charge in [-0.1, -0.05) is 0 Å². The van der Waals surface area contributed by atoms with Crippen molar-refractivity contribution in [3.05, 3.63) is 17.4 Å². The molecule has 17 heavy (non-hydrogen) atoms. The smallest absolute Gasteiger partial charge is 0.170 e. The molecule has 1 unspecified atom stereocenters. The lowest BCUT2D eigenvalue weighted by atomic mass is 10.1. The fraction of sp³-hybridized carbons (Fsp3) is 0.455. The van der Waals surface area contributed by atoms with Gasteiger partial charge in [0.05, 0.1) is 24.9 Å². The molecule has 1 aliphatic heterocycles. The SMILES string of the molecule is NCC(O)c1c(O)c(F)cc2c1OCCCO2. The molecule has 6 heteroatoms. The van der Waals surface area contributed by atoms with E-state index in [9.17, 15) is 14.6 Å². The molecule has 1 aromatic carbocycles. The molecule has 5 nitrogen and oxygen atoms in total. The predicted molar refractivity (Wildman–Crippen MR) is 57.7 cm³/mol. The number of phenolic OH excluding ortho intramolecular Hbond substituents is 1. The van der Waals surface area contributed by atoms with Gasteiger partial charge in [0, 0.05) is 19.0 Å². The van der Waals surface area contributed by atoms with E-state index in [1.807, 2.05) is 0 Å². The molecule has 0 radical (unpaired) electrons. The predicted octanol–water partition coefficient (Wildman–Crippen LogP) is 0.685. The summed E-state index contributed by atoms with van der Waals surface area (Å²) in [4.78, 5) is 0. The van der Waals surface area contributed by atoms with Crippen LogP contribution in [0.4, 0.5) is 4.39 Å². The fourth-order valence-corrected chi connectivity index (χ4v) is 1.72. The highest BCUT2D eigenvalue weighted by Crippen LogP contribution is 2.43. The van der Waals surface area contributed by atoms with Crippen LogP contribution in [0.3, 0.4) is 0 Å². The molecule has 0 saturated heterocycles. The number of nitrogens with two attached hydrogens (primary N) is 1. The zero-order valence-corrected chi connectivity index (χ0v) is 9.15. The third-order valence-electron chi connectivity index (χ3n) is 2.56. The Kier molecular flexibility index (Phi) is 3.35. The van der Waals surface area contributed by atoms with Crippen LogP contribution >= 0.6 is 0 Å². The molecular formula is C11H14FNO4. The van der Waals surface area contributed by atoms with Gasteiger partial charge in [0.2, 0.25) is 0 Å². The summed E-state index contributed by atoms with van der Waals surface area (Å²) in [6, 6.07) is 1.04. The molecule has 0 spiro atoms. The van der Waals surface area contributed by atoms with E-state index in [4.69, 9.17) is 15.2 Å². The Morgan fingerprint density at radius 2 is 2.12 bits per heavy atom. The molecule has 0 aliphatic carbocycles. The summed E-state index contributed by atoms with van der Waals surface area (Å²) >= 11 is 0. The van der Waals surface area contributed by atoms with E-state index in [-0.39, 0.29) is 23.6 Å². The molecule has 0 bridgehead atoms. The third-order valence-corrected chi connectivity index (χ3v) is 2.56. The average molecular weight is 243 g/mol. The first-order valence-corrected chi connectivity index (χ1v) is 5.34. The Hall–Kier alpha value is -1.53. The zero-order chi connectivity index (χ0) is 12.4.